The highest BCUT2D eigenvalue weighted by Crippen LogP contribution is 2.37. The van der Waals surface area contributed by atoms with Crippen LogP contribution in [0.5, 0.6) is 0 Å². The Morgan fingerprint density at radius 3 is 2.07 bits per heavy atom. The standard InChI is InChI=1S/C35H50O6Si/c1-9-10-11-18-23-33(36)39-25-28(2)24-29(3)34(40-27-37-7)32(38-8)26-41-42(35(4,5)6,30-19-14-12-15-20-30)31-21-16-13-17-22-31/h9,12-24,29,32,34H,1,10-11,25-27H2,2-8H3/b23-18+,28-24-/t29-,32+,34+/m1/s1. The van der Waals surface area contributed by atoms with E-state index in [-0.39, 0.29) is 42.5 Å². The van der Waals surface area contributed by atoms with Crippen LogP contribution in [0.4, 0.5) is 0 Å². The average molecular weight is 595 g/mol. The van der Waals surface area contributed by atoms with Crippen molar-refractivity contribution < 1.29 is 28.2 Å². The monoisotopic (exact) mass is 594 g/mol. The molecule has 0 fully saturated rings. The molecule has 42 heavy (non-hydrogen) atoms. The van der Waals surface area contributed by atoms with Gasteiger partial charge >= 0.3 is 5.97 Å². The summed E-state index contributed by atoms with van der Waals surface area (Å²) >= 11 is 0. The zero-order valence-electron chi connectivity index (χ0n) is 26.5. The highest BCUT2D eigenvalue weighted by atomic mass is 28.4. The van der Waals surface area contributed by atoms with Crippen molar-refractivity contribution >= 4 is 24.7 Å². The van der Waals surface area contributed by atoms with Crippen molar-refractivity contribution in [2.24, 2.45) is 5.92 Å². The van der Waals surface area contributed by atoms with E-state index >= 15 is 0 Å². The zero-order valence-corrected chi connectivity index (χ0v) is 27.5. The lowest BCUT2D eigenvalue weighted by atomic mass is 9.97. The fourth-order valence-corrected chi connectivity index (χ4v) is 9.80. The molecule has 0 N–H and O–H groups in total. The van der Waals surface area contributed by atoms with Gasteiger partial charge in [0.05, 0.1) is 12.7 Å². The van der Waals surface area contributed by atoms with Crippen LogP contribution >= 0.6 is 0 Å². The first kappa shape index (κ1) is 35.4. The number of benzene rings is 2. The molecule has 230 valence electrons. The van der Waals surface area contributed by atoms with Crippen molar-refractivity contribution in [1.29, 1.82) is 0 Å². The molecule has 0 saturated carbocycles. The summed E-state index contributed by atoms with van der Waals surface area (Å²) in [5, 5.41) is 2.25. The Morgan fingerprint density at radius 1 is 0.976 bits per heavy atom. The Morgan fingerprint density at radius 2 is 1.57 bits per heavy atom. The second-order valence-corrected chi connectivity index (χ2v) is 15.8. The molecule has 0 heterocycles. The molecule has 0 radical (unpaired) electrons. The molecule has 0 aromatic heterocycles. The molecule has 0 aliphatic carbocycles. The van der Waals surface area contributed by atoms with Crippen LogP contribution in [0, 0.1) is 5.92 Å². The van der Waals surface area contributed by atoms with Crippen molar-refractivity contribution in [1.82, 2.24) is 0 Å². The van der Waals surface area contributed by atoms with Gasteiger partial charge in [-0.2, -0.15) is 0 Å². The van der Waals surface area contributed by atoms with Gasteiger partial charge in [0.25, 0.3) is 8.32 Å². The van der Waals surface area contributed by atoms with Crippen LogP contribution in [0.25, 0.3) is 0 Å². The maximum absolute atomic E-state index is 12.1. The summed E-state index contributed by atoms with van der Waals surface area (Å²) in [7, 11) is 0.524. The molecule has 2 aromatic rings. The number of rotatable bonds is 18. The molecule has 2 rings (SSSR count). The van der Waals surface area contributed by atoms with Gasteiger partial charge in [0.15, 0.2) is 0 Å². The Kier molecular flexibility index (Phi) is 15.2. The van der Waals surface area contributed by atoms with Crippen LogP contribution in [-0.4, -0.2) is 60.7 Å². The third-order valence-corrected chi connectivity index (χ3v) is 12.2. The molecule has 0 aliphatic rings. The molecule has 0 saturated heterocycles. The smallest absolute Gasteiger partial charge is 0.330 e. The van der Waals surface area contributed by atoms with Crippen LogP contribution in [0.15, 0.2) is 97.1 Å². The molecule has 0 unspecified atom stereocenters. The molecule has 6 nitrogen and oxygen atoms in total. The van der Waals surface area contributed by atoms with Gasteiger partial charge < -0.3 is 23.4 Å². The van der Waals surface area contributed by atoms with E-state index in [4.69, 9.17) is 23.4 Å². The van der Waals surface area contributed by atoms with Crippen molar-refractivity contribution in [2.75, 3.05) is 34.2 Å². The number of methoxy groups -OCH3 is 2. The molecule has 0 spiro atoms. The predicted octanol–water partition coefficient (Wildman–Crippen LogP) is 6.22. The quantitative estimate of drug-likeness (QED) is 0.0510. The topological polar surface area (TPSA) is 63.2 Å². The van der Waals surface area contributed by atoms with Crippen LogP contribution in [0.2, 0.25) is 5.04 Å². The molecule has 7 heteroatoms. The van der Waals surface area contributed by atoms with E-state index in [1.54, 1.807) is 20.3 Å². The van der Waals surface area contributed by atoms with E-state index in [0.29, 0.717) is 6.61 Å². The van der Waals surface area contributed by atoms with E-state index in [9.17, 15) is 4.79 Å². The Balaban J connectivity index is 2.31. The maximum Gasteiger partial charge on any atom is 0.330 e. The molecule has 3 atom stereocenters. The zero-order chi connectivity index (χ0) is 31.0. The number of unbranched alkanes of at least 4 members (excludes halogenated alkanes) is 1. The summed E-state index contributed by atoms with van der Waals surface area (Å²) in [4.78, 5) is 12.1. The molecular weight excluding hydrogens is 544 g/mol. The van der Waals surface area contributed by atoms with Gasteiger partial charge in [-0.15, -0.1) is 6.58 Å². The number of hydrogen-bond acceptors (Lipinski definition) is 6. The lowest BCUT2D eigenvalue weighted by Crippen LogP contribution is -2.67. The normalized spacial score (nSPS) is 14.9. The van der Waals surface area contributed by atoms with Gasteiger partial charge in [-0.3, -0.25) is 0 Å². The highest BCUT2D eigenvalue weighted by Gasteiger charge is 2.50. The van der Waals surface area contributed by atoms with Gasteiger partial charge in [0.2, 0.25) is 0 Å². The summed E-state index contributed by atoms with van der Waals surface area (Å²) in [5.41, 5.74) is 0.920. The fraction of sp³-hybridized carbons (Fsp3) is 0.457. The number of ether oxygens (including phenoxy) is 4. The average Bonchev–Trinajstić information content (AvgIpc) is 2.98. The first-order valence-corrected chi connectivity index (χ1v) is 16.5. The minimum Gasteiger partial charge on any atom is -0.458 e. The molecular formula is C35H50O6Si. The summed E-state index contributed by atoms with van der Waals surface area (Å²) in [5.74, 6) is -0.435. The maximum atomic E-state index is 12.1. The number of carbonyl (C=O) groups excluding carboxylic acids is 1. The van der Waals surface area contributed by atoms with Crippen molar-refractivity contribution in [2.45, 2.75) is 64.7 Å². The number of esters is 1. The second-order valence-electron chi connectivity index (χ2n) is 11.5. The van der Waals surface area contributed by atoms with E-state index in [1.165, 1.54) is 16.4 Å². The minimum atomic E-state index is -2.77. The van der Waals surface area contributed by atoms with Crippen molar-refractivity contribution in [3.8, 4) is 0 Å². The van der Waals surface area contributed by atoms with E-state index < -0.39 is 8.32 Å². The number of hydrogen-bond donors (Lipinski definition) is 0. The summed E-state index contributed by atoms with van der Waals surface area (Å²) in [6.07, 6.45) is 7.99. The Hall–Kier alpha value is -2.81. The van der Waals surface area contributed by atoms with Crippen LogP contribution < -0.4 is 10.4 Å². The van der Waals surface area contributed by atoms with E-state index in [2.05, 4.69) is 88.9 Å². The molecule has 2 aromatic carbocycles. The largest absolute Gasteiger partial charge is 0.458 e. The lowest BCUT2D eigenvalue weighted by Gasteiger charge is -2.44. The summed E-state index contributed by atoms with van der Waals surface area (Å²) in [6.45, 7) is 15.1. The van der Waals surface area contributed by atoms with E-state index in [0.717, 1.165) is 18.4 Å². The van der Waals surface area contributed by atoms with Crippen LogP contribution in [-0.2, 0) is 28.2 Å². The predicted molar refractivity (Wildman–Crippen MR) is 174 cm³/mol. The first-order valence-electron chi connectivity index (χ1n) is 14.6. The minimum absolute atomic E-state index is 0.0744. The van der Waals surface area contributed by atoms with Crippen LogP contribution in [0.3, 0.4) is 0 Å². The molecule has 0 amide bonds. The summed E-state index contributed by atoms with van der Waals surface area (Å²) in [6, 6.07) is 21.1. The highest BCUT2D eigenvalue weighted by molar-refractivity contribution is 6.99. The molecule has 0 bridgehead atoms. The fourth-order valence-electron chi connectivity index (χ4n) is 5.23. The van der Waals surface area contributed by atoms with Crippen LogP contribution in [0.1, 0.15) is 47.5 Å². The van der Waals surface area contributed by atoms with Crippen molar-refractivity contribution in [3.63, 3.8) is 0 Å². The Bertz CT molecular complexity index is 1080. The third kappa shape index (κ3) is 10.2. The second kappa shape index (κ2) is 18.0. The summed E-state index contributed by atoms with van der Waals surface area (Å²) < 4.78 is 30.1. The van der Waals surface area contributed by atoms with Gasteiger partial charge in [-0.05, 0) is 40.8 Å². The first-order chi connectivity index (χ1) is 20.1. The number of carbonyl (C=O) groups is 1. The third-order valence-electron chi connectivity index (χ3n) is 7.23. The SMILES string of the molecule is C=CCC/C=C/C(=O)OC/C(C)=C\[C@@H](C)[C@H](OCOC)[C@H](CO[Si](c1ccccc1)(c1ccccc1)C(C)(C)C)OC. The van der Waals surface area contributed by atoms with E-state index in [1.807, 2.05) is 25.1 Å². The van der Waals surface area contributed by atoms with Gasteiger partial charge in [-0.1, -0.05) is 107 Å². The van der Waals surface area contributed by atoms with Gasteiger partial charge in [0.1, 0.15) is 19.5 Å². The van der Waals surface area contributed by atoms with Gasteiger partial charge in [-0.25, -0.2) is 4.79 Å². The number of allylic oxidation sites excluding steroid dienone is 2. The van der Waals surface area contributed by atoms with Crippen molar-refractivity contribution in [3.05, 3.63) is 97.1 Å². The Labute approximate surface area is 254 Å². The van der Waals surface area contributed by atoms with Gasteiger partial charge in [0, 0.05) is 26.2 Å². The molecule has 0 aliphatic heterocycles. The lowest BCUT2D eigenvalue weighted by molar-refractivity contribution is -0.140.